The first-order valence-electron chi connectivity index (χ1n) is 8.13. The molecule has 29 heavy (non-hydrogen) atoms. The van der Waals surface area contributed by atoms with Crippen molar-refractivity contribution in [3.8, 4) is 0 Å². The Labute approximate surface area is 193 Å². The molecule has 1 unspecified atom stereocenters. The van der Waals surface area contributed by atoms with Crippen LogP contribution in [0.5, 0.6) is 0 Å². The van der Waals surface area contributed by atoms with Crippen molar-refractivity contribution in [2.75, 3.05) is 10.6 Å². The van der Waals surface area contributed by atoms with Gasteiger partial charge in [-0.2, -0.15) is 0 Å². The second kappa shape index (κ2) is 10.3. The van der Waals surface area contributed by atoms with E-state index < -0.39 is 15.9 Å². The van der Waals surface area contributed by atoms with E-state index in [1.54, 1.807) is 36.4 Å². The highest BCUT2D eigenvalue weighted by molar-refractivity contribution is 7.80. The molecule has 0 spiro atoms. The van der Waals surface area contributed by atoms with Crippen molar-refractivity contribution in [2.45, 2.75) is 16.9 Å². The number of halogens is 4. The van der Waals surface area contributed by atoms with E-state index >= 15 is 0 Å². The highest BCUT2D eigenvalue weighted by Crippen LogP contribution is 2.29. The summed E-state index contributed by atoms with van der Waals surface area (Å²) in [6, 6.07) is 13.1. The van der Waals surface area contributed by atoms with Crippen molar-refractivity contribution >= 4 is 86.9 Å². The highest BCUT2D eigenvalue weighted by Gasteiger charge is 2.34. The van der Waals surface area contributed by atoms with Crippen LogP contribution in [0.1, 0.15) is 17.3 Å². The molecule has 2 aromatic rings. The molecule has 1 atom stereocenters. The number of nitrogens with one attached hydrogen (secondary N) is 4. The number of amides is 2. The third-order valence-corrected chi connectivity index (χ3v) is 4.55. The largest absolute Gasteiger partial charge is 0.339 e. The van der Waals surface area contributed by atoms with E-state index in [-0.39, 0.29) is 11.0 Å². The zero-order chi connectivity index (χ0) is 21.6. The topological polar surface area (TPSA) is 82.3 Å². The van der Waals surface area contributed by atoms with E-state index in [4.69, 9.17) is 58.6 Å². The summed E-state index contributed by atoms with van der Waals surface area (Å²) in [6.07, 6.45) is -1.13. The molecule has 0 heterocycles. The number of carbonyl (C=O) groups excluding carboxylic acids is 2. The highest BCUT2D eigenvalue weighted by atomic mass is 35.6. The summed E-state index contributed by atoms with van der Waals surface area (Å²) < 4.78 is -1.90. The van der Waals surface area contributed by atoms with Gasteiger partial charge in [0.15, 0.2) is 5.11 Å². The van der Waals surface area contributed by atoms with Gasteiger partial charge in [-0.3, -0.25) is 9.59 Å². The Morgan fingerprint density at radius 1 is 0.966 bits per heavy atom. The number of rotatable bonds is 5. The predicted octanol–water partition coefficient (Wildman–Crippen LogP) is 4.71. The van der Waals surface area contributed by atoms with Gasteiger partial charge >= 0.3 is 0 Å². The molecular weight excluding hydrogens is 478 g/mol. The minimum Gasteiger partial charge on any atom is -0.339 e. The van der Waals surface area contributed by atoms with Gasteiger partial charge in [-0.15, -0.1) is 0 Å². The molecule has 2 rings (SSSR count). The predicted molar refractivity (Wildman–Crippen MR) is 123 cm³/mol. The van der Waals surface area contributed by atoms with Gasteiger partial charge in [0.25, 0.3) is 5.91 Å². The lowest BCUT2D eigenvalue weighted by Gasteiger charge is -2.27. The van der Waals surface area contributed by atoms with Crippen LogP contribution in [0.3, 0.4) is 0 Å². The third-order valence-electron chi connectivity index (χ3n) is 3.43. The molecule has 11 heteroatoms. The van der Waals surface area contributed by atoms with Crippen LogP contribution in [0.15, 0.2) is 48.5 Å². The normalized spacial score (nSPS) is 11.9. The fourth-order valence-corrected chi connectivity index (χ4v) is 2.88. The quantitative estimate of drug-likeness (QED) is 0.275. The smallest absolute Gasteiger partial charge is 0.252 e. The fourth-order valence-electron chi connectivity index (χ4n) is 2.19. The molecule has 0 saturated heterocycles. The SMILES string of the molecule is CC(=O)Nc1cccc(NC(=S)NC(NC(=O)c2ccc(Cl)cc2)C(Cl)(Cl)Cl)c1. The van der Waals surface area contributed by atoms with Gasteiger partial charge < -0.3 is 21.3 Å². The average molecular weight is 494 g/mol. The third kappa shape index (κ3) is 7.87. The number of benzene rings is 2. The Kier molecular flexibility index (Phi) is 8.36. The van der Waals surface area contributed by atoms with Crippen molar-refractivity contribution in [1.82, 2.24) is 10.6 Å². The summed E-state index contributed by atoms with van der Waals surface area (Å²) in [6.45, 7) is 1.40. The van der Waals surface area contributed by atoms with E-state index in [1.165, 1.54) is 19.1 Å². The average Bonchev–Trinajstić information content (AvgIpc) is 2.60. The molecular formula is C18H16Cl4N4O2S. The zero-order valence-electron chi connectivity index (χ0n) is 14.9. The molecule has 2 aromatic carbocycles. The first kappa shape index (κ1) is 23.5. The number of hydrogen-bond acceptors (Lipinski definition) is 3. The second-order valence-electron chi connectivity index (χ2n) is 5.82. The number of hydrogen-bond donors (Lipinski definition) is 4. The second-order valence-corrected chi connectivity index (χ2v) is 9.03. The maximum absolute atomic E-state index is 12.4. The summed E-state index contributed by atoms with van der Waals surface area (Å²) in [4.78, 5) is 23.6. The molecule has 0 aliphatic heterocycles. The van der Waals surface area contributed by atoms with Crippen molar-refractivity contribution in [1.29, 1.82) is 0 Å². The van der Waals surface area contributed by atoms with E-state index in [0.717, 1.165) is 0 Å². The number of anilines is 2. The molecule has 0 bridgehead atoms. The first-order chi connectivity index (χ1) is 13.5. The van der Waals surface area contributed by atoms with Crippen LogP contribution in [0, 0.1) is 0 Å². The van der Waals surface area contributed by atoms with Gasteiger partial charge in [-0.1, -0.05) is 52.5 Å². The molecule has 154 valence electrons. The van der Waals surface area contributed by atoms with E-state index in [1.807, 2.05) is 0 Å². The van der Waals surface area contributed by atoms with Gasteiger partial charge in [0.05, 0.1) is 0 Å². The van der Waals surface area contributed by atoms with Crippen LogP contribution in [-0.4, -0.2) is 26.9 Å². The van der Waals surface area contributed by atoms with Crippen molar-refractivity contribution < 1.29 is 9.59 Å². The standard InChI is InChI=1S/C18H16Cl4N4O2S/c1-10(27)23-13-3-2-4-14(9-13)24-17(29)26-16(18(20,21)22)25-15(28)11-5-7-12(19)8-6-11/h2-9,16H,1H3,(H,23,27)(H,25,28)(H2,24,26,29). The van der Waals surface area contributed by atoms with Gasteiger partial charge in [-0.25, -0.2) is 0 Å². The van der Waals surface area contributed by atoms with Crippen molar-refractivity contribution in [3.05, 3.63) is 59.1 Å². The summed E-state index contributed by atoms with van der Waals surface area (Å²) in [5, 5.41) is 11.5. The van der Waals surface area contributed by atoms with Crippen molar-refractivity contribution in [2.24, 2.45) is 0 Å². The van der Waals surface area contributed by atoms with Crippen molar-refractivity contribution in [3.63, 3.8) is 0 Å². The molecule has 2 amide bonds. The molecule has 0 aromatic heterocycles. The Bertz CT molecular complexity index is 903. The molecule has 0 aliphatic carbocycles. The van der Waals surface area contributed by atoms with Crippen LogP contribution in [0.25, 0.3) is 0 Å². The number of alkyl halides is 3. The van der Waals surface area contributed by atoms with E-state index in [0.29, 0.717) is 22.0 Å². The lowest BCUT2D eigenvalue weighted by Crippen LogP contribution is -2.56. The summed E-state index contributed by atoms with van der Waals surface area (Å²) in [5.41, 5.74) is 1.50. The van der Waals surface area contributed by atoms with Crippen LogP contribution in [-0.2, 0) is 4.79 Å². The molecule has 0 radical (unpaired) electrons. The maximum Gasteiger partial charge on any atom is 0.252 e. The molecule has 4 N–H and O–H groups in total. The molecule has 0 aliphatic rings. The Morgan fingerprint density at radius 3 is 2.10 bits per heavy atom. The Morgan fingerprint density at radius 2 is 1.55 bits per heavy atom. The monoisotopic (exact) mass is 492 g/mol. The Hall–Kier alpha value is -1.77. The van der Waals surface area contributed by atoms with Crippen LogP contribution in [0.2, 0.25) is 5.02 Å². The van der Waals surface area contributed by atoms with Gasteiger partial charge in [0, 0.05) is 28.9 Å². The summed E-state index contributed by atoms with van der Waals surface area (Å²) in [5.74, 6) is -0.690. The van der Waals surface area contributed by atoms with Gasteiger partial charge in [0.2, 0.25) is 9.70 Å². The summed E-state index contributed by atoms with van der Waals surface area (Å²) >= 11 is 29.0. The first-order valence-corrected chi connectivity index (χ1v) is 10.0. The maximum atomic E-state index is 12.4. The Balaban J connectivity index is 2.06. The molecule has 0 saturated carbocycles. The van der Waals surface area contributed by atoms with Crippen LogP contribution >= 0.6 is 58.6 Å². The van der Waals surface area contributed by atoms with E-state index in [9.17, 15) is 9.59 Å². The van der Waals surface area contributed by atoms with E-state index in [2.05, 4.69) is 21.3 Å². The number of thiocarbonyl (C=S) groups is 1. The van der Waals surface area contributed by atoms with Gasteiger partial charge in [-0.05, 0) is 54.7 Å². The van der Waals surface area contributed by atoms with Crippen LogP contribution in [0.4, 0.5) is 11.4 Å². The lowest BCUT2D eigenvalue weighted by atomic mass is 10.2. The zero-order valence-corrected chi connectivity index (χ0v) is 18.8. The summed E-state index contributed by atoms with van der Waals surface area (Å²) in [7, 11) is 0. The van der Waals surface area contributed by atoms with Crippen LogP contribution < -0.4 is 21.3 Å². The molecule has 6 nitrogen and oxygen atoms in total. The van der Waals surface area contributed by atoms with Gasteiger partial charge in [0.1, 0.15) is 6.17 Å². The minimum absolute atomic E-state index is 0.0951. The fraction of sp³-hybridized carbons (Fsp3) is 0.167. The lowest BCUT2D eigenvalue weighted by molar-refractivity contribution is -0.114. The molecule has 0 fully saturated rings. The minimum atomic E-state index is -1.90. The number of carbonyl (C=O) groups is 2.